The van der Waals surface area contributed by atoms with Crippen LogP contribution in [0.25, 0.3) is 0 Å². The Bertz CT molecular complexity index is 401. The number of alkyl carbamates (subject to hydrolysis) is 1. The van der Waals surface area contributed by atoms with Crippen LogP contribution in [0.3, 0.4) is 0 Å². The minimum atomic E-state index is -0.456. The van der Waals surface area contributed by atoms with Gasteiger partial charge in [-0.25, -0.2) is 4.79 Å². The highest BCUT2D eigenvalue weighted by atomic mass is 16.6. The van der Waals surface area contributed by atoms with Gasteiger partial charge in [0, 0.05) is 25.8 Å². The van der Waals surface area contributed by atoms with Gasteiger partial charge in [0.15, 0.2) is 0 Å². The summed E-state index contributed by atoms with van der Waals surface area (Å²) < 4.78 is 5.19. The SMILES string of the molecule is CCN(CCNC(=O)OC(C)(C)C)Cc1ccccn1. The highest BCUT2D eigenvalue weighted by Crippen LogP contribution is 2.06. The van der Waals surface area contributed by atoms with Crippen LogP contribution in [0.15, 0.2) is 24.4 Å². The predicted octanol–water partition coefficient (Wildman–Crippen LogP) is 2.43. The van der Waals surface area contributed by atoms with E-state index in [-0.39, 0.29) is 6.09 Å². The third-order valence-electron chi connectivity index (χ3n) is 2.66. The molecule has 0 aliphatic heterocycles. The predicted molar refractivity (Wildman–Crippen MR) is 79.4 cm³/mol. The Kier molecular flexibility index (Phi) is 6.45. The van der Waals surface area contributed by atoms with Crippen LogP contribution in [0.4, 0.5) is 4.79 Å². The fraction of sp³-hybridized carbons (Fsp3) is 0.600. The van der Waals surface area contributed by atoms with Crippen molar-refractivity contribution in [2.45, 2.75) is 39.8 Å². The number of aromatic nitrogens is 1. The first-order valence-electron chi connectivity index (χ1n) is 7.00. The van der Waals surface area contributed by atoms with Gasteiger partial charge in [-0.05, 0) is 39.4 Å². The zero-order chi connectivity index (χ0) is 15.0. The number of hydrogen-bond donors (Lipinski definition) is 1. The van der Waals surface area contributed by atoms with Crippen molar-refractivity contribution in [3.05, 3.63) is 30.1 Å². The summed E-state index contributed by atoms with van der Waals surface area (Å²) >= 11 is 0. The minimum absolute atomic E-state index is 0.369. The van der Waals surface area contributed by atoms with Gasteiger partial charge < -0.3 is 10.1 Å². The van der Waals surface area contributed by atoms with Crippen molar-refractivity contribution in [1.29, 1.82) is 0 Å². The molecular weight excluding hydrogens is 254 g/mol. The molecule has 1 N–H and O–H groups in total. The van der Waals surface area contributed by atoms with Crippen LogP contribution in [0.1, 0.15) is 33.4 Å². The van der Waals surface area contributed by atoms with Crippen molar-refractivity contribution >= 4 is 6.09 Å². The van der Waals surface area contributed by atoms with Crippen LogP contribution >= 0.6 is 0 Å². The zero-order valence-corrected chi connectivity index (χ0v) is 12.8. The molecule has 0 unspecified atom stereocenters. The van der Waals surface area contributed by atoms with E-state index >= 15 is 0 Å². The van der Waals surface area contributed by atoms with E-state index in [0.29, 0.717) is 6.54 Å². The van der Waals surface area contributed by atoms with E-state index in [4.69, 9.17) is 4.74 Å². The molecule has 0 saturated carbocycles. The van der Waals surface area contributed by atoms with Crippen molar-refractivity contribution in [2.75, 3.05) is 19.6 Å². The maximum absolute atomic E-state index is 11.5. The van der Waals surface area contributed by atoms with E-state index in [9.17, 15) is 4.79 Å². The number of hydrogen-bond acceptors (Lipinski definition) is 4. The Labute approximate surface area is 121 Å². The molecule has 1 amide bonds. The molecule has 0 spiro atoms. The Morgan fingerprint density at radius 3 is 2.70 bits per heavy atom. The lowest BCUT2D eigenvalue weighted by molar-refractivity contribution is 0.0522. The smallest absolute Gasteiger partial charge is 0.407 e. The number of rotatable bonds is 6. The second kappa shape index (κ2) is 7.85. The van der Waals surface area contributed by atoms with Gasteiger partial charge in [-0.1, -0.05) is 13.0 Å². The normalized spacial score (nSPS) is 11.4. The minimum Gasteiger partial charge on any atom is -0.444 e. The van der Waals surface area contributed by atoms with Crippen LogP contribution in [0.5, 0.6) is 0 Å². The maximum Gasteiger partial charge on any atom is 0.407 e. The summed E-state index contributed by atoms with van der Waals surface area (Å²) in [4.78, 5) is 18.0. The lowest BCUT2D eigenvalue weighted by atomic mass is 10.2. The molecule has 5 nitrogen and oxygen atoms in total. The molecule has 20 heavy (non-hydrogen) atoms. The first-order valence-corrected chi connectivity index (χ1v) is 7.00. The Balaban J connectivity index is 2.30. The second-order valence-corrected chi connectivity index (χ2v) is 5.62. The lowest BCUT2D eigenvalue weighted by Gasteiger charge is -2.22. The number of likely N-dealkylation sites (N-methyl/N-ethyl adjacent to an activating group) is 1. The highest BCUT2D eigenvalue weighted by molar-refractivity contribution is 5.67. The van der Waals surface area contributed by atoms with Gasteiger partial charge in [0.25, 0.3) is 0 Å². The summed E-state index contributed by atoms with van der Waals surface area (Å²) in [6.45, 7) is 10.7. The first kappa shape index (κ1) is 16.4. The second-order valence-electron chi connectivity index (χ2n) is 5.62. The molecule has 1 aromatic heterocycles. The van der Waals surface area contributed by atoms with Gasteiger partial charge in [0.1, 0.15) is 5.60 Å². The maximum atomic E-state index is 11.5. The fourth-order valence-corrected chi connectivity index (χ4v) is 1.70. The van der Waals surface area contributed by atoms with Crippen LogP contribution in [-0.2, 0) is 11.3 Å². The van der Waals surface area contributed by atoms with Crippen LogP contribution < -0.4 is 5.32 Å². The number of ether oxygens (including phenoxy) is 1. The molecule has 0 aliphatic carbocycles. The average molecular weight is 279 g/mol. The number of nitrogens with zero attached hydrogens (tertiary/aromatic N) is 2. The number of carbonyl (C=O) groups is 1. The fourth-order valence-electron chi connectivity index (χ4n) is 1.70. The molecule has 0 aromatic carbocycles. The van der Waals surface area contributed by atoms with Crippen molar-refractivity contribution in [3.8, 4) is 0 Å². The highest BCUT2D eigenvalue weighted by Gasteiger charge is 2.15. The van der Waals surface area contributed by atoms with E-state index < -0.39 is 5.60 Å². The Hall–Kier alpha value is -1.62. The number of amides is 1. The van der Waals surface area contributed by atoms with Gasteiger partial charge >= 0.3 is 6.09 Å². The van der Waals surface area contributed by atoms with E-state index in [2.05, 4.69) is 22.1 Å². The summed E-state index contributed by atoms with van der Waals surface area (Å²) in [5.41, 5.74) is 0.578. The Morgan fingerprint density at radius 1 is 1.40 bits per heavy atom. The van der Waals surface area contributed by atoms with Crippen LogP contribution in [-0.4, -0.2) is 41.2 Å². The van der Waals surface area contributed by atoms with Gasteiger partial charge in [0.05, 0.1) is 5.69 Å². The molecule has 1 heterocycles. The molecule has 0 saturated heterocycles. The molecule has 0 atom stereocenters. The van der Waals surface area contributed by atoms with Crippen molar-refractivity contribution < 1.29 is 9.53 Å². The van der Waals surface area contributed by atoms with Gasteiger partial charge in [-0.3, -0.25) is 9.88 Å². The van der Waals surface area contributed by atoms with E-state index in [0.717, 1.165) is 25.3 Å². The molecule has 0 radical (unpaired) electrons. The summed E-state index contributed by atoms with van der Waals surface area (Å²) in [5, 5.41) is 2.77. The summed E-state index contributed by atoms with van der Waals surface area (Å²) in [6, 6.07) is 5.89. The topological polar surface area (TPSA) is 54.5 Å². The number of nitrogens with one attached hydrogen (secondary N) is 1. The largest absolute Gasteiger partial charge is 0.444 e. The van der Waals surface area contributed by atoms with Gasteiger partial charge in [-0.15, -0.1) is 0 Å². The first-order chi connectivity index (χ1) is 9.40. The van der Waals surface area contributed by atoms with Gasteiger partial charge in [-0.2, -0.15) is 0 Å². The molecule has 0 fully saturated rings. The summed E-state index contributed by atoms with van der Waals surface area (Å²) in [5.74, 6) is 0. The van der Waals surface area contributed by atoms with Crippen molar-refractivity contribution in [2.24, 2.45) is 0 Å². The molecule has 1 aromatic rings. The molecule has 0 aliphatic rings. The van der Waals surface area contributed by atoms with Crippen molar-refractivity contribution in [1.82, 2.24) is 15.2 Å². The van der Waals surface area contributed by atoms with Crippen molar-refractivity contribution in [3.63, 3.8) is 0 Å². The molecule has 1 rings (SSSR count). The van der Waals surface area contributed by atoms with E-state index in [1.807, 2.05) is 39.0 Å². The molecule has 5 heteroatoms. The molecule has 0 bridgehead atoms. The van der Waals surface area contributed by atoms with Crippen LogP contribution in [0.2, 0.25) is 0 Å². The number of carbonyl (C=O) groups excluding carboxylic acids is 1. The third-order valence-corrected chi connectivity index (χ3v) is 2.66. The summed E-state index contributed by atoms with van der Waals surface area (Å²) in [7, 11) is 0. The number of pyridine rings is 1. The lowest BCUT2D eigenvalue weighted by Crippen LogP contribution is -2.37. The quantitative estimate of drug-likeness (QED) is 0.869. The molecular formula is C15H25N3O2. The Morgan fingerprint density at radius 2 is 2.15 bits per heavy atom. The monoisotopic (exact) mass is 279 g/mol. The standard InChI is InChI=1S/C15H25N3O2/c1-5-18(12-13-8-6-7-9-16-13)11-10-17-14(19)20-15(2,3)4/h6-9H,5,10-12H2,1-4H3,(H,17,19). The average Bonchev–Trinajstić information content (AvgIpc) is 2.36. The van der Waals surface area contributed by atoms with E-state index in [1.54, 1.807) is 6.20 Å². The summed E-state index contributed by atoms with van der Waals surface area (Å²) in [6.07, 6.45) is 1.42. The molecule has 112 valence electrons. The third kappa shape index (κ3) is 7.09. The van der Waals surface area contributed by atoms with E-state index in [1.165, 1.54) is 0 Å². The van der Waals surface area contributed by atoms with Gasteiger partial charge in [0.2, 0.25) is 0 Å². The zero-order valence-electron chi connectivity index (χ0n) is 12.8. The van der Waals surface area contributed by atoms with Crippen LogP contribution in [0, 0.1) is 0 Å².